The number of halogens is 4. The van der Waals surface area contributed by atoms with E-state index < -0.39 is 43.8 Å². The summed E-state index contributed by atoms with van der Waals surface area (Å²) < 4.78 is 64.2. The van der Waals surface area contributed by atoms with Crippen molar-refractivity contribution in [2.45, 2.75) is 17.5 Å². The first-order valence-electron chi connectivity index (χ1n) is 8.76. The van der Waals surface area contributed by atoms with Crippen molar-refractivity contribution in [2.24, 2.45) is 4.99 Å². The molecule has 158 valence electrons. The van der Waals surface area contributed by atoms with Crippen LogP contribution in [0.25, 0.3) is 0 Å². The lowest BCUT2D eigenvalue weighted by molar-refractivity contribution is -0.137. The maximum absolute atomic E-state index is 13.3. The van der Waals surface area contributed by atoms with E-state index in [1.165, 1.54) is 11.0 Å². The highest BCUT2D eigenvalue weighted by atomic mass is 35.5. The second kappa shape index (κ2) is 7.58. The van der Waals surface area contributed by atoms with Crippen LogP contribution in [-0.4, -0.2) is 42.3 Å². The van der Waals surface area contributed by atoms with Gasteiger partial charge < -0.3 is 4.90 Å². The summed E-state index contributed by atoms with van der Waals surface area (Å²) in [5.41, 5.74) is -0.629. The standard InChI is InChI=1S/C19H14ClF3N2O3S2/c20-14-7-6-12(8-13(14)19(21,22)23)25-15-9-30(27,28)10-16(15)29-18(25)24-17(26)11-4-2-1-3-5-11/h1-8,15-16H,9-10H2/t15-,16-/m1/s1. The number of fused-ring (bicyclic) bond motifs is 1. The van der Waals surface area contributed by atoms with Crippen LogP contribution in [0.1, 0.15) is 15.9 Å². The van der Waals surface area contributed by atoms with Crippen LogP contribution in [0.2, 0.25) is 5.02 Å². The number of aliphatic imine (C=N–C) groups is 1. The number of rotatable bonds is 2. The van der Waals surface area contributed by atoms with Crippen molar-refractivity contribution in [3.63, 3.8) is 0 Å². The molecule has 11 heteroatoms. The Morgan fingerprint density at radius 3 is 2.50 bits per heavy atom. The lowest BCUT2D eigenvalue weighted by Crippen LogP contribution is -2.37. The molecule has 0 radical (unpaired) electrons. The molecule has 0 unspecified atom stereocenters. The van der Waals surface area contributed by atoms with Gasteiger partial charge in [-0.2, -0.15) is 18.2 Å². The van der Waals surface area contributed by atoms with E-state index in [1.807, 2.05) is 0 Å². The molecule has 2 aromatic rings. The van der Waals surface area contributed by atoms with E-state index in [0.29, 0.717) is 5.56 Å². The zero-order valence-corrected chi connectivity index (χ0v) is 17.5. The molecule has 0 aliphatic carbocycles. The average Bonchev–Trinajstić information content (AvgIpc) is 3.13. The predicted molar refractivity (Wildman–Crippen MR) is 111 cm³/mol. The van der Waals surface area contributed by atoms with Crippen LogP contribution in [0, 0.1) is 0 Å². The molecule has 30 heavy (non-hydrogen) atoms. The summed E-state index contributed by atoms with van der Waals surface area (Å²) >= 11 is 6.81. The molecule has 0 aromatic heterocycles. The summed E-state index contributed by atoms with van der Waals surface area (Å²) in [4.78, 5) is 18.1. The van der Waals surface area contributed by atoms with Crippen LogP contribution in [0.15, 0.2) is 53.5 Å². The highest BCUT2D eigenvalue weighted by molar-refractivity contribution is 8.16. The molecule has 0 N–H and O–H groups in total. The SMILES string of the molecule is O=C(N=C1S[C@@H]2CS(=O)(=O)C[C@H]2N1c1ccc(Cl)c(C(F)(F)F)c1)c1ccccc1. The minimum atomic E-state index is -4.68. The summed E-state index contributed by atoms with van der Waals surface area (Å²) in [6.07, 6.45) is -4.68. The van der Waals surface area contributed by atoms with Crippen molar-refractivity contribution in [2.75, 3.05) is 16.4 Å². The first kappa shape index (κ1) is 21.2. The van der Waals surface area contributed by atoms with Gasteiger partial charge in [0.15, 0.2) is 15.0 Å². The van der Waals surface area contributed by atoms with Gasteiger partial charge in [0, 0.05) is 16.5 Å². The van der Waals surface area contributed by atoms with Gasteiger partial charge in [0.05, 0.1) is 28.1 Å². The topological polar surface area (TPSA) is 66.8 Å². The van der Waals surface area contributed by atoms with Crippen molar-refractivity contribution >= 4 is 50.0 Å². The predicted octanol–water partition coefficient (Wildman–Crippen LogP) is 4.27. The highest BCUT2D eigenvalue weighted by Gasteiger charge is 2.49. The van der Waals surface area contributed by atoms with Crippen LogP contribution in [0.4, 0.5) is 18.9 Å². The summed E-state index contributed by atoms with van der Waals surface area (Å²) in [6, 6.07) is 10.9. The number of amides is 1. The molecular weight excluding hydrogens is 461 g/mol. The van der Waals surface area contributed by atoms with Gasteiger partial charge in [-0.15, -0.1) is 0 Å². The van der Waals surface area contributed by atoms with Crippen LogP contribution in [0.5, 0.6) is 0 Å². The number of carbonyl (C=O) groups is 1. The maximum Gasteiger partial charge on any atom is 0.417 e. The minimum Gasteiger partial charge on any atom is -0.316 e. The molecule has 2 atom stereocenters. The van der Waals surface area contributed by atoms with Gasteiger partial charge >= 0.3 is 6.18 Å². The number of amidine groups is 1. The minimum absolute atomic E-state index is 0.0865. The summed E-state index contributed by atoms with van der Waals surface area (Å²) in [7, 11) is -3.35. The Labute approximate surface area is 179 Å². The molecule has 4 rings (SSSR count). The molecular formula is C19H14ClF3N2O3S2. The Balaban J connectivity index is 1.78. The molecule has 2 aliphatic rings. The number of sulfone groups is 1. The Morgan fingerprint density at radius 1 is 1.13 bits per heavy atom. The van der Waals surface area contributed by atoms with Gasteiger partial charge in [-0.05, 0) is 30.3 Å². The van der Waals surface area contributed by atoms with Crippen LogP contribution < -0.4 is 4.90 Å². The van der Waals surface area contributed by atoms with Gasteiger partial charge in [0.25, 0.3) is 5.91 Å². The lowest BCUT2D eigenvalue weighted by Gasteiger charge is -2.25. The van der Waals surface area contributed by atoms with Gasteiger partial charge in [0.2, 0.25) is 0 Å². The second-order valence-corrected chi connectivity index (χ2v) is 10.7. The normalized spacial score (nSPS) is 24.3. The molecule has 0 bridgehead atoms. The third-order valence-electron chi connectivity index (χ3n) is 4.82. The number of hydrogen-bond acceptors (Lipinski definition) is 4. The number of carbonyl (C=O) groups excluding carboxylic acids is 1. The Hall–Kier alpha value is -2.04. The number of alkyl halides is 3. The highest BCUT2D eigenvalue weighted by Crippen LogP contribution is 2.43. The van der Waals surface area contributed by atoms with E-state index in [2.05, 4.69) is 4.99 Å². The van der Waals surface area contributed by atoms with Crippen LogP contribution in [0.3, 0.4) is 0 Å². The Morgan fingerprint density at radius 2 is 1.83 bits per heavy atom. The molecule has 0 saturated carbocycles. The fourth-order valence-electron chi connectivity index (χ4n) is 3.48. The van der Waals surface area contributed by atoms with E-state index in [9.17, 15) is 26.4 Å². The fraction of sp³-hybridized carbons (Fsp3) is 0.263. The number of thioether (sulfide) groups is 1. The summed E-state index contributed by atoms with van der Waals surface area (Å²) in [5, 5.41) is -0.723. The Bertz CT molecular complexity index is 1140. The van der Waals surface area contributed by atoms with Gasteiger partial charge in [0.1, 0.15) is 0 Å². The summed E-state index contributed by atoms with van der Waals surface area (Å²) in [5.74, 6) is -0.916. The van der Waals surface area contributed by atoms with Crippen molar-refractivity contribution in [3.8, 4) is 0 Å². The number of anilines is 1. The Kier molecular flexibility index (Phi) is 5.36. The smallest absolute Gasteiger partial charge is 0.316 e. The zero-order valence-electron chi connectivity index (χ0n) is 15.1. The van der Waals surface area contributed by atoms with Crippen LogP contribution in [-0.2, 0) is 16.0 Å². The third-order valence-corrected chi connectivity index (χ3v) is 8.36. The fourth-order valence-corrected chi connectivity index (χ4v) is 7.62. The van der Waals surface area contributed by atoms with Crippen molar-refractivity contribution in [3.05, 3.63) is 64.7 Å². The number of nitrogens with zero attached hydrogens (tertiary/aromatic N) is 2. The largest absolute Gasteiger partial charge is 0.417 e. The van der Waals surface area contributed by atoms with Gasteiger partial charge in [-0.1, -0.05) is 41.6 Å². The van der Waals surface area contributed by atoms with Gasteiger partial charge in [-0.3, -0.25) is 4.79 Å². The molecule has 0 spiro atoms. The molecule has 2 aliphatic heterocycles. The van der Waals surface area contributed by atoms with E-state index >= 15 is 0 Å². The second-order valence-electron chi connectivity index (χ2n) is 6.90. The van der Waals surface area contributed by atoms with E-state index in [0.717, 1.165) is 23.9 Å². The lowest BCUT2D eigenvalue weighted by atomic mass is 10.1. The van der Waals surface area contributed by atoms with Crippen molar-refractivity contribution < 1.29 is 26.4 Å². The maximum atomic E-state index is 13.3. The zero-order chi connectivity index (χ0) is 21.7. The molecule has 2 fully saturated rings. The quantitative estimate of drug-likeness (QED) is 0.650. The monoisotopic (exact) mass is 474 g/mol. The number of hydrogen-bond donors (Lipinski definition) is 0. The molecule has 2 heterocycles. The van der Waals surface area contributed by atoms with Crippen LogP contribution >= 0.6 is 23.4 Å². The molecule has 5 nitrogen and oxygen atoms in total. The first-order chi connectivity index (χ1) is 14.0. The molecule has 2 saturated heterocycles. The van der Waals surface area contributed by atoms with E-state index in [4.69, 9.17) is 11.6 Å². The number of benzene rings is 2. The van der Waals surface area contributed by atoms with Crippen molar-refractivity contribution in [1.29, 1.82) is 0 Å². The molecule has 2 aromatic carbocycles. The average molecular weight is 475 g/mol. The summed E-state index contributed by atoms with van der Waals surface area (Å²) in [6.45, 7) is 0. The third kappa shape index (κ3) is 4.08. The van der Waals surface area contributed by atoms with E-state index in [-0.39, 0.29) is 22.4 Å². The van der Waals surface area contributed by atoms with Crippen molar-refractivity contribution in [1.82, 2.24) is 0 Å². The first-order valence-corrected chi connectivity index (χ1v) is 11.8. The van der Waals surface area contributed by atoms with E-state index in [1.54, 1.807) is 30.3 Å². The molecule has 1 amide bonds. The van der Waals surface area contributed by atoms with Gasteiger partial charge in [-0.25, -0.2) is 8.42 Å².